The summed E-state index contributed by atoms with van der Waals surface area (Å²) in [5.74, 6) is 0. The summed E-state index contributed by atoms with van der Waals surface area (Å²) in [6, 6.07) is 6.21. The molecule has 0 spiro atoms. The number of carbonyl (C=O) groups excluding carboxylic acids is 1. The molecular formula is C14H21N3O. The van der Waals surface area contributed by atoms with E-state index in [1.807, 2.05) is 13.0 Å². The molecule has 0 radical (unpaired) electrons. The van der Waals surface area contributed by atoms with Crippen molar-refractivity contribution in [1.82, 2.24) is 4.90 Å². The predicted molar refractivity (Wildman–Crippen MR) is 75.2 cm³/mol. The first-order chi connectivity index (χ1) is 8.74. The molecule has 18 heavy (non-hydrogen) atoms. The number of benzene rings is 1. The van der Waals surface area contributed by atoms with Gasteiger partial charge >= 0.3 is 0 Å². The zero-order valence-electron chi connectivity index (χ0n) is 11.1. The first kappa shape index (κ1) is 12.9. The van der Waals surface area contributed by atoms with Crippen molar-refractivity contribution in [1.29, 1.82) is 0 Å². The number of nitrogens with zero attached hydrogens (tertiary/aromatic N) is 2. The summed E-state index contributed by atoms with van der Waals surface area (Å²) >= 11 is 0. The van der Waals surface area contributed by atoms with Gasteiger partial charge in [0.2, 0.25) is 6.41 Å². The SMILES string of the molecule is CCN1CCN(c2ccc(NC=O)c(C)c2)CC1. The van der Waals surface area contributed by atoms with E-state index in [1.54, 1.807) is 0 Å². The lowest BCUT2D eigenvalue weighted by molar-refractivity contribution is -0.105. The number of amides is 1. The van der Waals surface area contributed by atoms with Crippen molar-refractivity contribution < 1.29 is 4.79 Å². The van der Waals surface area contributed by atoms with E-state index in [9.17, 15) is 4.79 Å². The Morgan fingerprint density at radius 2 is 2.00 bits per heavy atom. The molecule has 98 valence electrons. The van der Waals surface area contributed by atoms with Crippen LogP contribution in [0.15, 0.2) is 18.2 Å². The fourth-order valence-corrected chi connectivity index (χ4v) is 2.39. The van der Waals surface area contributed by atoms with Gasteiger partial charge in [-0.3, -0.25) is 4.79 Å². The molecule has 0 unspecified atom stereocenters. The van der Waals surface area contributed by atoms with Gasteiger partial charge in [-0.2, -0.15) is 0 Å². The van der Waals surface area contributed by atoms with Gasteiger partial charge < -0.3 is 15.1 Å². The van der Waals surface area contributed by atoms with Gasteiger partial charge in [-0.25, -0.2) is 0 Å². The second-order valence-electron chi connectivity index (χ2n) is 4.68. The Labute approximate surface area is 109 Å². The van der Waals surface area contributed by atoms with Crippen LogP contribution in [-0.4, -0.2) is 44.0 Å². The topological polar surface area (TPSA) is 35.6 Å². The van der Waals surface area contributed by atoms with E-state index < -0.39 is 0 Å². The van der Waals surface area contributed by atoms with Crippen LogP contribution in [0.3, 0.4) is 0 Å². The van der Waals surface area contributed by atoms with Crippen molar-refractivity contribution >= 4 is 17.8 Å². The number of aryl methyl sites for hydroxylation is 1. The molecule has 1 aromatic carbocycles. The Hall–Kier alpha value is -1.55. The first-order valence-electron chi connectivity index (χ1n) is 6.52. The van der Waals surface area contributed by atoms with E-state index in [2.05, 4.69) is 34.2 Å². The molecule has 1 fully saturated rings. The van der Waals surface area contributed by atoms with Crippen molar-refractivity contribution in [2.45, 2.75) is 13.8 Å². The number of hydrogen-bond donors (Lipinski definition) is 1. The molecule has 1 aliphatic heterocycles. The van der Waals surface area contributed by atoms with Crippen LogP contribution in [-0.2, 0) is 4.79 Å². The molecule has 1 heterocycles. The minimum Gasteiger partial charge on any atom is -0.369 e. The van der Waals surface area contributed by atoms with Gasteiger partial charge in [0.1, 0.15) is 0 Å². The van der Waals surface area contributed by atoms with Gasteiger partial charge in [0, 0.05) is 37.6 Å². The largest absolute Gasteiger partial charge is 0.369 e. The first-order valence-corrected chi connectivity index (χ1v) is 6.52. The maximum Gasteiger partial charge on any atom is 0.211 e. The third kappa shape index (κ3) is 2.82. The van der Waals surface area contributed by atoms with Crippen molar-refractivity contribution in [2.75, 3.05) is 42.9 Å². The lowest BCUT2D eigenvalue weighted by Gasteiger charge is -2.35. The van der Waals surface area contributed by atoms with E-state index in [4.69, 9.17) is 0 Å². The second kappa shape index (κ2) is 5.87. The Morgan fingerprint density at radius 3 is 2.56 bits per heavy atom. The number of rotatable bonds is 4. The van der Waals surface area contributed by atoms with Gasteiger partial charge in [-0.05, 0) is 37.2 Å². The fourth-order valence-electron chi connectivity index (χ4n) is 2.39. The maximum atomic E-state index is 10.5. The van der Waals surface area contributed by atoms with E-state index in [1.165, 1.54) is 5.69 Å². The van der Waals surface area contributed by atoms with Crippen LogP contribution in [0.5, 0.6) is 0 Å². The Morgan fingerprint density at radius 1 is 1.28 bits per heavy atom. The summed E-state index contributed by atoms with van der Waals surface area (Å²) in [5.41, 5.74) is 3.25. The molecule has 1 aromatic rings. The molecule has 1 amide bonds. The van der Waals surface area contributed by atoms with Crippen molar-refractivity contribution in [3.8, 4) is 0 Å². The van der Waals surface area contributed by atoms with Crippen LogP contribution in [0.1, 0.15) is 12.5 Å². The zero-order valence-corrected chi connectivity index (χ0v) is 11.1. The summed E-state index contributed by atoms with van der Waals surface area (Å²) in [5, 5.41) is 2.71. The molecule has 2 rings (SSSR count). The number of carbonyl (C=O) groups is 1. The molecular weight excluding hydrogens is 226 g/mol. The fraction of sp³-hybridized carbons (Fsp3) is 0.500. The summed E-state index contributed by atoms with van der Waals surface area (Å²) in [4.78, 5) is 15.3. The van der Waals surface area contributed by atoms with Gasteiger partial charge in [-0.15, -0.1) is 0 Å². The number of anilines is 2. The zero-order chi connectivity index (χ0) is 13.0. The molecule has 0 aromatic heterocycles. The summed E-state index contributed by atoms with van der Waals surface area (Å²) < 4.78 is 0. The highest BCUT2D eigenvalue weighted by molar-refractivity contribution is 5.74. The molecule has 0 bridgehead atoms. The van der Waals surface area contributed by atoms with Crippen LogP contribution in [0, 0.1) is 6.92 Å². The van der Waals surface area contributed by atoms with E-state index in [-0.39, 0.29) is 0 Å². The van der Waals surface area contributed by atoms with E-state index >= 15 is 0 Å². The van der Waals surface area contributed by atoms with Gasteiger partial charge in [-0.1, -0.05) is 6.92 Å². The molecule has 0 aliphatic carbocycles. The monoisotopic (exact) mass is 247 g/mol. The van der Waals surface area contributed by atoms with Crippen LogP contribution in [0.25, 0.3) is 0 Å². The van der Waals surface area contributed by atoms with Gasteiger partial charge in [0.15, 0.2) is 0 Å². The summed E-state index contributed by atoms with van der Waals surface area (Å²) in [7, 11) is 0. The molecule has 1 aliphatic rings. The smallest absolute Gasteiger partial charge is 0.211 e. The highest BCUT2D eigenvalue weighted by atomic mass is 16.1. The van der Waals surface area contributed by atoms with Crippen LogP contribution in [0.4, 0.5) is 11.4 Å². The lowest BCUT2D eigenvalue weighted by Crippen LogP contribution is -2.46. The minimum atomic E-state index is 0.724. The molecule has 0 saturated carbocycles. The van der Waals surface area contributed by atoms with Gasteiger partial charge in [0.25, 0.3) is 0 Å². The average molecular weight is 247 g/mol. The highest BCUT2D eigenvalue weighted by Gasteiger charge is 2.16. The Bertz CT molecular complexity index is 412. The molecule has 1 saturated heterocycles. The molecule has 4 nitrogen and oxygen atoms in total. The predicted octanol–water partition coefficient (Wildman–Crippen LogP) is 1.71. The minimum absolute atomic E-state index is 0.724. The maximum absolute atomic E-state index is 10.5. The molecule has 0 atom stereocenters. The standard InChI is InChI=1S/C14H21N3O/c1-3-16-6-8-17(9-7-16)13-4-5-14(15-11-18)12(2)10-13/h4-5,10-11H,3,6-9H2,1-2H3,(H,15,18). The lowest BCUT2D eigenvalue weighted by atomic mass is 10.1. The van der Waals surface area contributed by atoms with Crippen LogP contribution >= 0.6 is 0 Å². The molecule has 4 heteroatoms. The van der Waals surface area contributed by atoms with E-state index in [0.717, 1.165) is 50.4 Å². The second-order valence-corrected chi connectivity index (χ2v) is 4.68. The molecule has 1 N–H and O–H groups in total. The van der Waals surface area contributed by atoms with Crippen molar-refractivity contribution in [3.05, 3.63) is 23.8 Å². The normalized spacial score (nSPS) is 16.7. The van der Waals surface area contributed by atoms with Crippen molar-refractivity contribution in [3.63, 3.8) is 0 Å². The number of hydrogen-bond acceptors (Lipinski definition) is 3. The summed E-state index contributed by atoms with van der Waals surface area (Å²) in [6.07, 6.45) is 0.724. The highest BCUT2D eigenvalue weighted by Crippen LogP contribution is 2.23. The average Bonchev–Trinajstić information content (AvgIpc) is 2.41. The number of likely N-dealkylation sites (N-methyl/N-ethyl adjacent to an activating group) is 1. The third-order valence-corrected chi connectivity index (χ3v) is 3.61. The van der Waals surface area contributed by atoms with Crippen molar-refractivity contribution in [2.24, 2.45) is 0 Å². The summed E-state index contributed by atoms with van der Waals surface area (Å²) in [6.45, 7) is 9.78. The van der Waals surface area contributed by atoms with Gasteiger partial charge in [0.05, 0.1) is 0 Å². The van der Waals surface area contributed by atoms with E-state index in [0.29, 0.717) is 0 Å². The third-order valence-electron chi connectivity index (χ3n) is 3.61. The van der Waals surface area contributed by atoms with Crippen LogP contribution < -0.4 is 10.2 Å². The number of nitrogens with one attached hydrogen (secondary N) is 1. The Kier molecular flexibility index (Phi) is 4.20. The number of piperazine rings is 1. The van der Waals surface area contributed by atoms with Crippen LogP contribution in [0.2, 0.25) is 0 Å². The quantitative estimate of drug-likeness (QED) is 0.823. The Balaban J connectivity index is 2.05.